The van der Waals surface area contributed by atoms with Crippen molar-refractivity contribution in [3.63, 3.8) is 0 Å². The molecule has 0 spiro atoms. The van der Waals surface area contributed by atoms with Gasteiger partial charge in [-0.15, -0.1) is 0 Å². The number of amides is 1. The summed E-state index contributed by atoms with van der Waals surface area (Å²) in [6, 6.07) is 5.25. The Morgan fingerprint density at radius 1 is 1.45 bits per heavy atom. The average Bonchev–Trinajstić information content (AvgIpc) is 2.53. The Balaban J connectivity index is 2.99. The van der Waals surface area contributed by atoms with Crippen molar-refractivity contribution >= 4 is 29.6 Å². The molecule has 1 amide bonds. The van der Waals surface area contributed by atoms with Gasteiger partial charge < -0.3 is 0 Å². The van der Waals surface area contributed by atoms with Crippen molar-refractivity contribution in [2.45, 2.75) is 25.5 Å². The number of nitro groups is 1. The van der Waals surface area contributed by atoms with E-state index in [1.165, 1.54) is 47.4 Å². The Bertz CT molecular complexity index is 593. The van der Waals surface area contributed by atoms with Gasteiger partial charge in [-0.05, 0) is 25.6 Å². The number of carbonyl (C=O) groups excluding carboxylic acids is 1. The second kappa shape index (κ2) is 7.76. The third-order valence-electron chi connectivity index (χ3n) is 3.19. The number of nitrogens with zero attached hydrogens (tertiary/aromatic N) is 2. The molecule has 2 unspecified atom stereocenters. The number of nitrogens with one attached hydrogen (secondary N) is 1. The number of rotatable bonds is 7. The van der Waals surface area contributed by atoms with Crippen molar-refractivity contribution in [3.8, 4) is 0 Å². The van der Waals surface area contributed by atoms with Crippen molar-refractivity contribution < 1.29 is 14.3 Å². The number of hydrogen-bond acceptors (Lipinski definition) is 5. The number of hydrogen-bond donors (Lipinski definition) is 1. The zero-order valence-electron chi connectivity index (χ0n) is 13.0. The first-order valence-electron chi connectivity index (χ1n) is 6.75. The van der Waals surface area contributed by atoms with E-state index in [4.69, 9.17) is 0 Å². The van der Waals surface area contributed by atoms with Crippen LogP contribution in [-0.2, 0) is 4.57 Å². The van der Waals surface area contributed by atoms with Crippen LogP contribution in [0.4, 0.5) is 5.69 Å². The maximum Gasteiger partial charge on any atom is 0.294 e. The Morgan fingerprint density at radius 3 is 2.41 bits per heavy atom. The largest absolute Gasteiger partial charge is 0.294 e. The number of nitro benzene ring substituents is 1. The fourth-order valence-corrected chi connectivity index (χ4v) is 6.04. The van der Waals surface area contributed by atoms with Crippen LogP contribution in [0.15, 0.2) is 24.3 Å². The summed E-state index contributed by atoms with van der Waals surface area (Å²) in [5.41, 5.74) is 0.165. The van der Waals surface area contributed by atoms with Crippen LogP contribution < -0.4 is 5.09 Å². The van der Waals surface area contributed by atoms with E-state index in [2.05, 4.69) is 5.09 Å². The third kappa shape index (κ3) is 4.32. The standard InChI is InChI=1S/C13H20N3O4PS/c1-5-10(2)22-21(20,14-3)15(4)13(17)11-6-8-12(9-7-11)16(18)19/h6-10H,5H2,1-4H3,(H,14,20). The van der Waals surface area contributed by atoms with Crippen LogP contribution in [-0.4, -0.2) is 34.8 Å². The van der Waals surface area contributed by atoms with Gasteiger partial charge in [-0.1, -0.05) is 25.2 Å². The molecule has 22 heavy (non-hydrogen) atoms. The molecule has 0 aliphatic heterocycles. The second-order valence-electron chi connectivity index (χ2n) is 4.70. The zero-order valence-corrected chi connectivity index (χ0v) is 14.7. The van der Waals surface area contributed by atoms with Gasteiger partial charge in [0.2, 0.25) is 0 Å². The van der Waals surface area contributed by atoms with E-state index in [1.807, 2.05) is 13.8 Å². The molecule has 7 nitrogen and oxygen atoms in total. The third-order valence-corrected chi connectivity index (χ3v) is 8.93. The van der Waals surface area contributed by atoms with Gasteiger partial charge in [0.1, 0.15) is 0 Å². The van der Waals surface area contributed by atoms with E-state index < -0.39 is 17.5 Å². The Morgan fingerprint density at radius 2 is 2.00 bits per heavy atom. The molecule has 0 aromatic heterocycles. The molecule has 9 heteroatoms. The van der Waals surface area contributed by atoms with Crippen LogP contribution in [0.2, 0.25) is 0 Å². The SMILES string of the molecule is CCC(C)SP(=O)(NC)N(C)C(=O)c1ccc([N+](=O)[O-])cc1. The molecule has 0 saturated carbocycles. The zero-order chi connectivity index (χ0) is 16.9. The van der Waals surface area contributed by atoms with Crippen LogP contribution >= 0.6 is 18.0 Å². The van der Waals surface area contributed by atoms with Crippen molar-refractivity contribution in [2.24, 2.45) is 0 Å². The summed E-state index contributed by atoms with van der Waals surface area (Å²) in [7, 11) is 3.02. The highest BCUT2D eigenvalue weighted by Gasteiger charge is 2.33. The first-order valence-corrected chi connectivity index (χ1v) is 9.90. The summed E-state index contributed by atoms with van der Waals surface area (Å²) in [4.78, 5) is 22.5. The van der Waals surface area contributed by atoms with Gasteiger partial charge in [-0.25, -0.2) is 5.09 Å². The monoisotopic (exact) mass is 345 g/mol. The van der Waals surface area contributed by atoms with Gasteiger partial charge in [0.05, 0.1) is 4.92 Å². The lowest BCUT2D eigenvalue weighted by Gasteiger charge is -2.28. The van der Waals surface area contributed by atoms with E-state index in [1.54, 1.807) is 7.05 Å². The lowest BCUT2D eigenvalue weighted by atomic mass is 10.2. The van der Waals surface area contributed by atoms with E-state index in [0.717, 1.165) is 6.42 Å². The van der Waals surface area contributed by atoms with Gasteiger partial charge in [-0.2, -0.15) is 0 Å². The van der Waals surface area contributed by atoms with Gasteiger partial charge >= 0.3 is 0 Å². The smallest absolute Gasteiger partial charge is 0.272 e. The van der Waals surface area contributed by atoms with Crippen molar-refractivity contribution in [1.82, 2.24) is 9.76 Å². The minimum atomic E-state index is -3.10. The highest BCUT2D eigenvalue weighted by Crippen LogP contribution is 2.59. The Kier molecular flexibility index (Phi) is 6.59. The van der Waals surface area contributed by atoms with Crippen molar-refractivity contribution in [1.29, 1.82) is 0 Å². The lowest BCUT2D eigenvalue weighted by molar-refractivity contribution is -0.384. The molecular formula is C13H20N3O4PS. The molecule has 0 bridgehead atoms. The molecule has 1 aromatic rings. The number of benzene rings is 1. The van der Waals surface area contributed by atoms with E-state index >= 15 is 0 Å². The van der Waals surface area contributed by atoms with Gasteiger partial charge in [0.15, 0.2) is 0 Å². The van der Waals surface area contributed by atoms with Crippen LogP contribution in [0.1, 0.15) is 30.6 Å². The van der Waals surface area contributed by atoms with Crippen molar-refractivity contribution in [3.05, 3.63) is 39.9 Å². The molecule has 1 aromatic carbocycles. The lowest BCUT2D eigenvalue weighted by Crippen LogP contribution is -2.28. The highest BCUT2D eigenvalue weighted by atomic mass is 32.7. The van der Waals surface area contributed by atoms with E-state index in [0.29, 0.717) is 0 Å². The average molecular weight is 345 g/mol. The van der Waals surface area contributed by atoms with Crippen LogP contribution in [0, 0.1) is 10.1 Å². The fraction of sp³-hybridized carbons (Fsp3) is 0.462. The minimum Gasteiger partial charge on any atom is -0.272 e. The van der Waals surface area contributed by atoms with Gasteiger partial charge in [0.25, 0.3) is 18.2 Å². The van der Waals surface area contributed by atoms with Crippen LogP contribution in [0.5, 0.6) is 0 Å². The summed E-state index contributed by atoms with van der Waals surface area (Å²) in [5, 5.41) is 13.5. The topological polar surface area (TPSA) is 92.6 Å². The molecule has 2 atom stereocenters. The molecule has 1 rings (SSSR count). The normalized spacial score (nSPS) is 14.9. The molecule has 0 aliphatic carbocycles. The summed E-state index contributed by atoms with van der Waals surface area (Å²) in [5.74, 6) is -0.441. The molecule has 0 saturated heterocycles. The van der Waals surface area contributed by atoms with E-state index in [-0.39, 0.29) is 16.5 Å². The predicted octanol–water partition coefficient (Wildman–Crippen LogP) is 3.53. The molecule has 0 heterocycles. The number of carbonyl (C=O) groups is 1. The van der Waals surface area contributed by atoms with Crippen LogP contribution in [0.25, 0.3) is 0 Å². The number of non-ortho nitro benzene ring substituents is 1. The molecule has 0 aliphatic rings. The van der Waals surface area contributed by atoms with Gasteiger partial charge in [-0.3, -0.25) is 24.1 Å². The molecule has 1 N–H and O–H groups in total. The first-order chi connectivity index (χ1) is 10.2. The summed E-state index contributed by atoms with van der Waals surface area (Å²) >= 11 is 1.23. The van der Waals surface area contributed by atoms with Crippen molar-refractivity contribution in [2.75, 3.05) is 14.1 Å². The van der Waals surface area contributed by atoms with E-state index in [9.17, 15) is 19.5 Å². The molecular weight excluding hydrogens is 325 g/mol. The second-order valence-corrected chi connectivity index (χ2v) is 9.92. The van der Waals surface area contributed by atoms with Gasteiger partial charge in [0, 0.05) is 30.0 Å². The fourth-order valence-electron chi connectivity index (χ4n) is 1.62. The molecule has 122 valence electrons. The Hall–Kier alpha value is -1.37. The summed E-state index contributed by atoms with van der Waals surface area (Å²) in [6.07, 6.45) is 0.829. The van der Waals surface area contributed by atoms with Crippen LogP contribution in [0.3, 0.4) is 0 Å². The quantitative estimate of drug-likeness (QED) is 0.462. The predicted molar refractivity (Wildman–Crippen MR) is 89.2 cm³/mol. The molecule has 0 radical (unpaired) electrons. The minimum absolute atomic E-state index is 0.0926. The Labute approximate surface area is 133 Å². The molecule has 0 fully saturated rings. The maximum atomic E-state index is 12.9. The summed E-state index contributed by atoms with van der Waals surface area (Å²) < 4.78 is 14.1. The first kappa shape index (κ1) is 18.7. The maximum absolute atomic E-state index is 12.9. The summed E-state index contributed by atoms with van der Waals surface area (Å²) in [6.45, 7) is 0.825. The highest BCUT2D eigenvalue weighted by molar-refractivity contribution is 8.57.